The molecule has 0 fully saturated rings. The Morgan fingerprint density at radius 1 is 1.40 bits per heavy atom. The van der Waals surface area contributed by atoms with Crippen LogP contribution in [0.3, 0.4) is 0 Å². The van der Waals surface area contributed by atoms with E-state index in [-0.39, 0.29) is 11.8 Å². The number of rotatable bonds is 6. The predicted octanol–water partition coefficient (Wildman–Crippen LogP) is 3.99. The van der Waals surface area contributed by atoms with E-state index in [9.17, 15) is 4.79 Å². The predicted molar refractivity (Wildman–Crippen MR) is 86.2 cm³/mol. The quantitative estimate of drug-likeness (QED) is 0.733. The summed E-state index contributed by atoms with van der Waals surface area (Å²) < 4.78 is 6.32. The average Bonchev–Trinajstić information content (AvgIpc) is 2.40. The number of hydrogen-bond acceptors (Lipinski definition) is 2. The van der Waals surface area contributed by atoms with E-state index in [0.29, 0.717) is 18.8 Å². The summed E-state index contributed by atoms with van der Waals surface area (Å²) in [4.78, 5) is 14.5. The van der Waals surface area contributed by atoms with Crippen LogP contribution in [-0.2, 0) is 4.79 Å². The Labute approximate surface area is 129 Å². The zero-order valence-electron chi connectivity index (χ0n) is 12.6. The summed E-state index contributed by atoms with van der Waals surface area (Å²) >= 11 is 3.45. The van der Waals surface area contributed by atoms with Crippen molar-refractivity contribution < 1.29 is 9.53 Å². The Balaban J connectivity index is 3.31. The Kier molecular flexibility index (Phi) is 6.27. The lowest BCUT2D eigenvalue weighted by Gasteiger charge is -2.27. The van der Waals surface area contributed by atoms with Crippen molar-refractivity contribution in [3.8, 4) is 5.75 Å². The number of halogens is 1. The van der Waals surface area contributed by atoms with Gasteiger partial charge < -0.3 is 9.64 Å². The smallest absolute Gasteiger partial charge is 0.234 e. The molecule has 0 radical (unpaired) electrons. The van der Waals surface area contributed by atoms with Gasteiger partial charge in [-0.25, -0.2) is 0 Å². The molecule has 0 aliphatic heterocycles. The molecule has 1 atom stereocenters. The second kappa shape index (κ2) is 7.48. The molecule has 20 heavy (non-hydrogen) atoms. The van der Waals surface area contributed by atoms with Gasteiger partial charge in [0, 0.05) is 23.1 Å². The first-order valence-corrected chi connectivity index (χ1v) is 7.53. The molecule has 1 aromatic rings. The topological polar surface area (TPSA) is 29.5 Å². The highest BCUT2D eigenvalue weighted by atomic mass is 79.9. The van der Waals surface area contributed by atoms with Gasteiger partial charge in [-0.3, -0.25) is 4.79 Å². The number of benzene rings is 1. The van der Waals surface area contributed by atoms with Crippen molar-refractivity contribution in [2.45, 2.75) is 26.7 Å². The second-order valence-electron chi connectivity index (χ2n) is 4.68. The maximum atomic E-state index is 12.7. The molecule has 4 heteroatoms. The van der Waals surface area contributed by atoms with Crippen LogP contribution in [0.4, 0.5) is 0 Å². The maximum absolute atomic E-state index is 12.7. The second-order valence-corrected chi connectivity index (χ2v) is 5.59. The molecule has 1 amide bonds. The van der Waals surface area contributed by atoms with Crippen LogP contribution in [0.15, 0.2) is 34.8 Å². The minimum Gasteiger partial charge on any atom is -0.496 e. The van der Waals surface area contributed by atoms with Gasteiger partial charge in [-0.1, -0.05) is 28.1 Å². The lowest BCUT2D eigenvalue weighted by molar-refractivity contribution is -0.131. The van der Waals surface area contributed by atoms with Crippen molar-refractivity contribution in [3.05, 3.63) is 40.4 Å². The van der Waals surface area contributed by atoms with Gasteiger partial charge in [-0.15, -0.1) is 0 Å². The lowest BCUT2D eigenvalue weighted by atomic mass is 9.90. The van der Waals surface area contributed by atoms with Crippen molar-refractivity contribution in [1.29, 1.82) is 0 Å². The number of carbonyl (C=O) groups is 1. The molecular weight excluding hydrogens is 318 g/mol. The molecule has 0 N–H and O–H groups in total. The summed E-state index contributed by atoms with van der Waals surface area (Å²) in [7, 11) is 1.62. The fourth-order valence-electron chi connectivity index (χ4n) is 2.26. The fourth-order valence-corrected chi connectivity index (χ4v) is 2.64. The number of hydrogen-bond donors (Lipinski definition) is 0. The lowest BCUT2D eigenvalue weighted by Crippen LogP contribution is -2.35. The summed E-state index contributed by atoms with van der Waals surface area (Å²) in [5.41, 5.74) is 1.67. The zero-order chi connectivity index (χ0) is 15.3. The Morgan fingerprint density at radius 3 is 2.45 bits per heavy atom. The van der Waals surface area contributed by atoms with Gasteiger partial charge in [0.05, 0.1) is 13.0 Å². The number of likely N-dealkylation sites (N-methyl/N-ethyl adjacent to an activating group) is 1. The van der Waals surface area contributed by atoms with Crippen LogP contribution in [-0.4, -0.2) is 31.0 Å². The average molecular weight is 340 g/mol. The molecule has 0 aromatic heterocycles. The van der Waals surface area contributed by atoms with E-state index >= 15 is 0 Å². The summed E-state index contributed by atoms with van der Waals surface area (Å²) in [5, 5.41) is 0. The molecule has 0 spiro atoms. The van der Waals surface area contributed by atoms with Crippen molar-refractivity contribution in [2.24, 2.45) is 0 Å². The standard InChI is InChI=1S/C16H22BrNO2/c1-6-18(7-2)16(19)15(11(3)4)13-10-12(17)8-9-14(13)20-5/h8-10,15H,3,6-7H2,1-2,4-5H3. The summed E-state index contributed by atoms with van der Waals surface area (Å²) in [5.74, 6) is 0.406. The van der Waals surface area contributed by atoms with Crippen molar-refractivity contribution in [2.75, 3.05) is 20.2 Å². The Morgan fingerprint density at radius 2 is 2.00 bits per heavy atom. The number of carbonyl (C=O) groups excluding carboxylic acids is 1. The third-order valence-electron chi connectivity index (χ3n) is 3.32. The van der Waals surface area contributed by atoms with E-state index in [1.54, 1.807) is 7.11 Å². The Bertz CT molecular complexity index is 495. The molecule has 0 saturated heterocycles. The third-order valence-corrected chi connectivity index (χ3v) is 3.81. The maximum Gasteiger partial charge on any atom is 0.234 e. The molecule has 1 aromatic carbocycles. The van der Waals surface area contributed by atoms with Crippen LogP contribution in [0, 0.1) is 0 Å². The summed E-state index contributed by atoms with van der Waals surface area (Å²) in [6.07, 6.45) is 0. The van der Waals surface area contributed by atoms with Crippen LogP contribution >= 0.6 is 15.9 Å². The Hall–Kier alpha value is -1.29. The molecule has 0 aliphatic carbocycles. The molecule has 0 aliphatic rings. The normalized spacial score (nSPS) is 11.8. The molecule has 3 nitrogen and oxygen atoms in total. The SMILES string of the molecule is C=C(C)C(C(=O)N(CC)CC)c1cc(Br)ccc1OC. The highest BCUT2D eigenvalue weighted by molar-refractivity contribution is 9.10. The van der Waals surface area contributed by atoms with Gasteiger partial charge >= 0.3 is 0 Å². The zero-order valence-corrected chi connectivity index (χ0v) is 14.2. The first-order valence-electron chi connectivity index (χ1n) is 6.73. The highest BCUT2D eigenvalue weighted by Gasteiger charge is 2.28. The minimum absolute atomic E-state index is 0.0684. The van der Waals surface area contributed by atoms with Gasteiger partial charge in [0.25, 0.3) is 0 Å². The number of amides is 1. The number of methoxy groups -OCH3 is 1. The van der Waals surface area contributed by atoms with Crippen molar-refractivity contribution in [1.82, 2.24) is 4.90 Å². The minimum atomic E-state index is -0.373. The molecule has 1 unspecified atom stereocenters. The first kappa shape index (κ1) is 16.8. The van der Waals surface area contributed by atoms with Crippen LogP contribution in [0.2, 0.25) is 0 Å². The van der Waals surface area contributed by atoms with E-state index < -0.39 is 0 Å². The van der Waals surface area contributed by atoms with Crippen LogP contribution in [0.25, 0.3) is 0 Å². The van der Waals surface area contributed by atoms with E-state index in [1.807, 2.05) is 43.9 Å². The van der Waals surface area contributed by atoms with Crippen LogP contribution in [0.1, 0.15) is 32.3 Å². The van der Waals surface area contributed by atoms with E-state index in [2.05, 4.69) is 22.5 Å². The third kappa shape index (κ3) is 3.63. The van der Waals surface area contributed by atoms with Crippen LogP contribution in [0.5, 0.6) is 5.75 Å². The monoisotopic (exact) mass is 339 g/mol. The number of nitrogens with zero attached hydrogens (tertiary/aromatic N) is 1. The van der Waals surface area contributed by atoms with Gasteiger partial charge in [0.1, 0.15) is 5.75 Å². The fraction of sp³-hybridized carbons (Fsp3) is 0.438. The van der Waals surface area contributed by atoms with Crippen molar-refractivity contribution in [3.63, 3.8) is 0 Å². The largest absolute Gasteiger partial charge is 0.496 e. The van der Waals surface area contributed by atoms with E-state index in [4.69, 9.17) is 4.74 Å². The molecular formula is C16H22BrNO2. The van der Waals surface area contributed by atoms with E-state index in [0.717, 1.165) is 15.6 Å². The molecule has 0 heterocycles. The molecule has 110 valence electrons. The molecule has 1 rings (SSSR count). The first-order chi connectivity index (χ1) is 9.46. The van der Waals surface area contributed by atoms with Gasteiger partial charge in [-0.2, -0.15) is 0 Å². The van der Waals surface area contributed by atoms with Crippen molar-refractivity contribution >= 4 is 21.8 Å². The molecule has 0 bridgehead atoms. The van der Waals surface area contributed by atoms with E-state index in [1.165, 1.54) is 0 Å². The summed E-state index contributed by atoms with van der Waals surface area (Å²) in [6.45, 7) is 11.2. The number of ether oxygens (including phenoxy) is 1. The van der Waals surface area contributed by atoms with Gasteiger partial charge in [0.2, 0.25) is 5.91 Å². The van der Waals surface area contributed by atoms with Gasteiger partial charge in [0.15, 0.2) is 0 Å². The van der Waals surface area contributed by atoms with Gasteiger partial charge in [-0.05, 0) is 39.0 Å². The van der Waals surface area contributed by atoms with Crippen LogP contribution < -0.4 is 4.74 Å². The molecule has 0 saturated carbocycles. The highest BCUT2D eigenvalue weighted by Crippen LogP contribution is 2.34. The summed E-state index contributed by atoms with van der Waals surface area (Å²) in [6, 6.07) is 5.70.